The van der Waals surface area contributed by atoms with Crippen LogP contribution in [0.4, 0.5) is 5.69 Å². The molecule has 1 N–H and O–H groups in total. The molecule has 1 aliphatic rings. The molecule has 114 valence electrons. The second kappa shape index (κ2) is 7.76. The fourth-order valence-electron chi connectivity index (χ4n) is 2.73. The van der Waals surface area contributed by atoms with E-state index in [0.29, 0.717) is 12.7 Å². The molecule has 1 fully saturated rings. The van der Waals surface area contributed by atoms with Crippen molar-refractivity contribution in [2.45, 2.75) is 38.4 Å². The van der Waals surface area contributed by atoms with Gasteiger partial charge in [0.2, 0.25) is 0 Å². The first-order valence-electron chi connectivity index (χ1n) is 7.95. The number of para-hydroxylation sites is 1. The summed E-state index contributed by atoms with van der Waals surface area (Å²) < 4.78 is 5.96. The van der Waals surface area contributed by atoms with Gasteiger partial charge >= 0.3 is 0 Å². The van der Waals surface area contributed by atoms with Crippen LogP contribution in [-0.2, 0) is 11.3 Å². The zero-order valence-corrected chi connectivity index (χ0v) is 12.7. The molecule has 0 radical (unpaired) electrons. The predicted molar refractivity (Wildman–Crippen MR) is 91.1 cm³/mol. The Kier molecular flexibility index (Phi) is 5.22. The van der Waals surface area contributed by atoms with E-state index in [1.165, 1.54) is 31.2 Å². The van der Waals surface area contributed by atoms with E-state index in [9.17, 15) is 0 Å². The lowest BCUT2D eigenvalue weighted by atomic mass is 10.1. The number of benzene rings is 2. The van der Waals surface area contributed by atoms with Gasteiger partial charge in [-0.15, -0.1) is 0 Å². The Hall–Kier alpha value is -2.13. The minimum absolute atomic E-state index is 0.456. The summed E-state index contributed by atoms with van der Waals surface area (Å²) in [6, 6.07) is 18.3. The molecule has 0 bridgehead atoms. The molecule has 0 spiro atoms. The molecular formula is C19H22N2O. The molecule has 0 saturated heterocycles. The van der Waals surface area contributed by atoms with Crippen LogP contribution in [0.2, 0.25) is 0 Å². The number of ether oxygens (including phenoxy) is 1. The smallest absolute Gasteiger partial charge is 0.0720 e. The summed E-state index contributed by atoms with van der Waals surface area (Å²) in [6.45, 7) is 0.693. The first-order valence-corrected chi connectivity index (χ1v) is 7.95. The van der Waals surface area contributed by atoms with Crippen molar-refractivity contribution in [3.8, 4) is 0 Å². The lowest BCUT2D eigenvalue weighted by Gasteiger charge is -2.11. The summed E-state index contributed by atoms with van der Waals surface area (Å²) in [5.41, 5.74) is 6.30. The van der Waals surface area contributed by atoms with Crippen LogP contribution in [0.3, 0.4) is 0 Å². The van der Waals surface area contributed by atoms with E-state index < -0.39 is 0 Å². The SMILES string of the molecule is C(=NNc1ccccc1)c1cccc(COC2CCCC2)c1. The largest absolute Gasteiger partial charge is 0.374 e. The maximum absolute atomic E-state index is 5.96. The molecule has 0 heterocycles. The van der Waals surface area contributed by atoms with Gasteiger partial charge in [-0.2, -0.15) is 5.10 Å². The first kappa shape index (κ1) is 14.8. The highest BCUT2D eigenvalue weighted by Gasteiger charge is 2.14. The molecule has 3 nitrogen and oxygen atoms in total. The Morgan fingerprint density at radius 3 is 2.68 bits per heavy atom. The lowest BCUT2D eigenvalue weighted by molar-refractivity contribution is 0.0457. The van der Waals surface area contributed by atoms with Gasteiger partial charge in [0.1, 0.15) is 0 Å². The fraction of sp³-hybridized carbons (Fsp3) is 0.316. The summed E-state index contributed by atoms with van der Waals surface area (Å²) in [6.07, 6.45) is 7.33. The standard InChI is InChI=1S/C19H22N2O/c1-2-9-18(10-3-1)21-20-14-16-7-6-8-17(13-16)15-22-19-11-4-5-12-19/h1-3,6-10,13-14,19,21H,4-5,11-12,15H2. The zero-order chi connectivity index (χ0) is 15.0. The van der Waals surface area contributed by atoms with Crippen molar-refractivity contribution in [2.24, 2.45) is 5.10 Å². The second-order valence-electron chi connectivity index (χ2n) is 5.70. The maximum atomic E-state index is 5.96. The average Bonchev–Trinajstić information content (AvgIpc) is 3.08. The van der Waals surface area contributed by atoms with Crippen LogP contribution in [0.15, 0.2) is 59.7 Å². The topological polar surface area (TPSA) is 33.6 Å². The molecule has 0 amide bonds. The molecule has 0 aromatic heterocycles. The highest BCUT2D eigenvalue weighted by atomic mass is 16.5. The molecule has 0 unspecified atom stereocenters. The number of nitrogens with zero attached hydrogens (tertiary/aromatic N) is 1. The van der Waals surface area contributed by atoms with Crippen LogP contribution in [0.25, 0.3) is 0 Å². The second-order valence-corrected chi connectivity index (χ2v) is 5.70. The Labute approximate surface area is 132 Å². The van der Waals surface area contributed by atoms with E-state index in [-0.39, 0.29) is 0 Å². The fourth-order valence-corrected chi connectivity index (χ4v) is 2.73. The van der Waals surface area contributed by atoms with Crippen LogP contribution < -0.4 is 5.43 Å². The maximum Gasteiger partial charge on any atom is 0.0720 e. The Morgan fingerprint density at radius 2 is 1.86 bits per heavy atom. The van der Waals surface area contributed by atoms with E-state index in [0.717, 1.165) is 11.3 Å². The molecule has 2 aromatic rings. The van der Waals surface area contributed by atoms with Crippen molar-refractivity contribution in [3.05, 3.63) is 65.7 Å². The third kappa shape index (κ3) is 4.43. The highest BCUT2D eigenvalue weighted by molar-refractivity contribution is 5.80. The number of hydrazone groups is 1. The summed E-state index contributed by atoms with van der Waals surface area (Å²) in [5.74, 6) is 0. The van der Waals surface area contributed by atoms with Crippen LogP contribution in [0.1, 0.15) is 36.8 Å². The number of hydrogen-bond acceptors (Lipinski definition) is 3. The van der Waals surface area contributed by atoms with Gasteiger partial charge in [-0.05, 0) is 42.2 Å². The first-order chi connectivity index (χ1) is 10.9. The highest BCUT2D eigenvalue weighted by Crippen LogP contribution is 2.22. The summed E-state index contributed by atoms with van der Waals surface area (Å²) in [4.78, 5) is 0. The number of rotatable bonds is 6. The molecule has 1 saturated carbocycles. The van der Waals surface area contributed by atoms with Gasteiger partial charge in [0, 0.05) is 0 Å². The van der Waals surface area contributed by atoms with Crippen LogP contribution in [0.5, 0.6) is 0 Å². The van der Waals surface area contributed by atoms with Crippen molar-refractivity contribution in [2.75, 3.05) is 5.43 Å². The molecular weight excluding hydrogens is 272 g/mol. The van der Waals surface area contributed by atoms with Gasteiger partial charge in [-0.3, -0.25) is 5.43 Å². The monoisotopic (exact) mass is 294 g/mol. The third-order valence-corrected chi connectivity index (χ3v) is 3.92. The number of hydrogen-bond donors (Lipinski definition) is 1. The van der Waals surface area contributed by atoms with Crippen molar-refractivity contribution < 1.29 is 4.74 Å². The van der Waals surface area contributed by atoms with Gasteiger partial charge in [0.15, 0.2) is 0 Å². The Bertz CT molecular complexity index is 604. The minimum Gasteiger partial charge on any atom is -0.374 e. The van der Waals surface area contributed by atoms with Crippen LogP contribution in [0, 0.1) is 0 Å². The van der Waals surface area contributed by atoms with Crippen molar-refractivity contribution in [1.82, 2.24) is 0 Å². The van der Waals surface area contributed by atoms with Gasteiger partial charge in [-0.1, -0.05) is 49.2 Å². The molecule has 3 rings (SSSR count). The molecule has 22 heavy (non-hydrogen) atoms. The average molecular weight is 294 g/mol. The molecule has 3 heteroatoms. The molecule has 0 aliphatic heterocycles. The minimum atomic E-state index is 0.456. The molecule has 1 aliphatic carbocycles. The van der Waals surface area contributed by atoms with Crippen LogP contribution >= 0.6 is 0 Å². The Balaban J connectivity index is 1.54. The predicted octanol–water partition coefficient (Wildman–Crippen LogP) is 4.59. The van der Waals surface area contributed by atoms with E-state index >= 15 is 0 Å². The van der Waals surface area contributed by atoms with Crippen molar-refractivity contribution in [3.63, 3.8) is 0 Å². The zero-order valence-electron chi connectivity index (χ0n) is 12.7. The normalized spacial score (nSPS) is 15.5. The van der Waals surface area contributed by atoms with Crippen molar-refractivity contribution >= 4 is 11.9 Å². The van der Waals surface area contributed by atoms with E-state index in [2.05, 4.69) is 34.8 Å². The Morgan fingerprint density at radius 1 is 1.05 bits per heavy atom. The van der Waals surface area contributed by atoms with Gasteiger partial charge in [0.25, 0.3) is 0 Å². The quantitative estimate of drug-likeness (QED) is 0.624. The summed E-state index contributed by atoms with van der Waals surface area (Å²) in [7, 11) is 0. The van der Waals surface area contributed by atoms with E-state index in [1.54, 1.807) is 0 Å². The van der Waals surface area contributed by atoms with E-state index in [1.807, 2.05) is 36.5 Å². The van der Waals surface area contributed by atoms with Crippen molar-refractivity contribution in [1.29, 1.82) is 0 Å². The summed E-state index contributed by atoms with van der Waals surface area (Å²) >= 11 is 0. The molecule has 2 aromatic carbocycles. The van der Waals surface area contributed by atoms with Gasteiger partial charge < -0.3 is 4.74 Å². The number of anilines is 1. The third-order valence-electron chi connectivity index (χ3n) is 3.92. The molecule has 0 atom stereocenters. The summed E-state index contributed by atoms with van der Waals surface area (Å²) in [5, 5.41) is 4.27. The number of nitrogens with one attached hydrogen (secondary N) is 1. The lowest BCUT2D eigenvalue weighted by Crippen LogP contribution is -2.07. The van der Waals surface area contributed by atoms with E-state index in [4.69, 9.17) is 4.74 Å². The van der Waals surface area contributed by atoms with Crippen LogP contribution in [-0.4, -0.2) is 12.3 Å². The van der Waals surface area contributed by atoms with Gasteiger partial charge in [0.05, 0.1) is 24.6 Å². The van der Waals surface area contributed by atoms with Gasteiger partial charge in [-0.25, -0.2) is 0 Å².